The van der Waals surface area contributed by atoms with E-state index in [1.54, 1.807) is 24.3 Å². The molecule has 1 aromatic heterocycles. The summed E-state index contributed by atoms with van der Waals surface area (Å²) in [6.07, 6.45) is 0. The van der Waals surface area contributed by atoms with Gasteiger partial charge in [0.15, 0.2) is 13.2 Å². The van der Waals surface area contributed by atoms with Gasteiger partial charge in [-0.05, 0) is 29.5 Å². The maximum Gasteiger partial charge on any atom is 0.330 e. The molecule has 0 saturated heterocycles. The molecule has 1 N–H and O–H groups in total. The third kappa shape index (κ3) is 4.96. The first-order valence-electron chi connectivity index (χ1n) is 7.93. The minimum absolute atomic E-state index is 0.260. The van der Waals surface area contributed by atoms with Crippen LogP contribution in [-0.2, 0) is 20.9 Å². The van der Waals surface area contributed by atoms with E-state index < -0.39 is 18.5 Å². The van der Waals surface area contributed by atoms with E-state index in [2.05, 4.69) is 20.7 Å². The average Bonchev–Trinajstić information content (AvgIpc) is 3.16. The second-order valence-corrected chi connectivity index (χ2v) is 5.41. The number of ether oxygens (including phenoxy) is 1. The molecule has 0 spiro atoms. The molecule has 0 aliphatic rings. The van der Waals surface area contributed by atoms with Crippen molar-refractivity contribution < 1.29 is 14.3 Å². The SMILES string of the molecule is N#Cc1ccc(NC(=O)COC(=O)Cn2nnc(-c3ccccc3)n2)cc1. The first-order valence-corrected chi connectivity index (χ1v) is 7.93. The smallest absolute Gasteiger partial charge is 0.330 e. The van der Waals surface area contributed by atoms with Crippen LogP contribution in [0.5, 0.6) is 0 Å². The van der Waals surface area contributed by atoms with Gasteiger partial charge >= 0.3 is 5.97 Å². The molecule has 0 radical (unpaired) electrons. The molecule has 0 fully saturated rings. The molecular weight excluding hydrogens is 348 g/mol. The fraction of sp³-hybridized carbons (Fsp3) is 0.111. The Bertz CT molecular complexity index is 976. The highest BCUT2D eigenvalue weighted by Crippen LogP contribution is 2.11. The molecule has 2 aromatic carbocycles. The van der Waals surface area contributed by atoms with Gasteiger partial charge < -0.3 is 10.1 Å². The molecule has 0 bridgehead atoms. The van der Waals surface area contributed by atoms with Gasteiger partial charge in [-0.25, -0.2) is 4.79 Å². The number of tetrazole rings is 1. The van der Waals surface area contributed by atoms with Crippen LogP contribution in [0.3, 0.4) is 0 Å². The van der Waals surface area contributed by atoms with Gasteiger partial charge in [0.05, 0.1) is 11.6 Å². The fourth-order valence-corrected chi connectivity index (χ4v) is 2.15. The highest BCUT2D eigenvalue weighted by Gasteiger charge is 2.12. The van der Waals surface area contributed by atoms with Crippen molar-refractivity contribution in [1.29, 1.82) is 5.26 Å². The zero-order valence-corrected chi connectivity index (χ0v) is 14.1. The average molecular weight is 362 g/mol. The summed E-state index contributed by atoms with van der Waals surface area (Å²) in [4.78, 5) is 24.7. The molecule has 0 saturated carbocycles. The number of nitrogens with zero attached hydrogens (tertiary/aromatic N) is 5. The number of anilines is 1. The van der Waals surface area contributed by atoms with E-state index in [0.29, 0.717) is 17.1 Å². The van der Waals surface area contributed by atoms with Crippen molar-refractivity contribution in [3.8, 4) is 17.5 Å². The van der Waals surface area contributed by atoms with Crippen molar-refractivity contribution in [3.63, 3.8) is 0 Å². The second-order valence-electron chi connectivity index (χ2n) is 5.41. The number of nitriles is 1. The molecule has 0 atom stereocenters. The topological polar surface area (TPSA) is 123 Å². The van der Waals surface area contributed by atoms with Crippen LogP contribution in [0.4, 0.5) is 5.69 Å². The predicted octanol–water partition coefficient (Wildman–Crippen LogP) is 1.39. The molecule has 0 aliphatic heterocycles. The number of nitrogens with one attached hydrogen (secondary N) is 1. The Labute approximate surface area is 154 Å². The molecule has 0 unspecified atom stereocenters. The summed E-state index contributed by atoms with van der Waals surface area (Å²) >= 11 is 0. The largest absolute Gasteiger partial charge is 0.454 e. The molecule has 1 amide bonds. The van der Waals surface area contributed by atoms with E-state index in [1.807, 2.05) is 36.4 Å². The van der Waals surface area contributed by atoms with Crippen molar-refractivity contribution in [1.82, 2.24) is 20.2 Å². The number of aromatic nitrogens is 4. The van der Waals surface area contributed by atoms with Gasteiger partial charge in [-0.3, -0.25) is 4.79 Å². The number of amides is 1. The Morgan fingerprint density at radius 3 is 2.56 bits per heavy atom. The summed E-state index contributed by atoms with van der Waals surface area (Å²) in [5, 5.41) is 23.1. The summed E-state index contributed by atoms with van der Waals surface area (Å²) in [5.74, 6) is -0.770. The molecule has 1 heterocycles. The highest BCUT2D eigenvalue weighted by atomic mass is 16.5. The van der Waals surface area contributed by atoms with Gasteiger partial charge in [-0.15, -0.1) is 10.2 Å². The van der Waals surface area contributed by atoms with E-state index in [9.17, 15) is 9.59 Å². The van der Waals surface area contributed by atoms with Crippen LogP contribution < -0.4 is 5.32 Å². The van der Waals surface area contributed by atoms with E-state index in [-0.39, 0.29) is 6.54 Å². The van der Waals surface area contributed by atoms with Gasteiger partial charge in [0.2, 0.25) is 5.82 Å². The number of benzene rings is 2. The van der Waals surface area contributed by atoms with Gasteiger partial charge in [0.1, 0.15) is 0 Å². The van der Waals surface area contributed by atoms with Crippen LogP contribution >= 0.6 is 0 Å². The molecule has 3 aromatic rings. The number of carbonyl (C=O) groups is 2. The first kappa shape index (κ1) is 17.8. The number of hydrogen-bond acceptors (Lipinski definition) is 7. The van der Waals surface area contributed by atoms with Crippen LogP contribution in [0.15, 0.2) is 54.6 Å². The van der Waals surface area contributed by atoms with Crippen molar-refractivity contribution >= 4 is 17.6 Å². The van der Waals surface area contributed by atoms with E-state index >= 15 is 0 Å². The quantitative estimate of drug-likeness (QED) is 0.657. The Morgan fingerprint density at radius 2 is 1.85 bits per heavy atom. The van der Waals surface area contributed by atoms with Crippen molar-refractivity contribution in [3.05, 3.63) is 60.2 Å². The maximum absolute atomic E-state index is 11.8. The molecule has 0 aliphatic carbocycles. The second kappa shape index (κ2) is 8.35. The van der Waals surface area contributed by atoms with E-state index in [4.69, 9.17) is 10.00 Å². The van der Waals surface area contributed by atoms with Crippen LogP contribution in [-0.4, -0.2) is 38.7 Å². The molecule has 9 nitrogen and oxygen atoms in total. The van der Waals surface area contributed by atoms with Crippen LogP contribution in [0.2, 0.25) is 0 Å². The number of hydrogen-bond donors (Lipinski definition) is 1. The highest BCUT2D eigenvalue weighted by molar-refractivity contribution is 5.92. The fourth-order valence-electron chi connectivity index (χ4n) is 2.15. The monoisotopic (exact) mass is 362 g/mol. The third-order valence-corrected chi connectivity index (χ3v) is 3.42. The van der Waals surface area contributed by atoms with Crippen LogP contribution in [0.1, 0.15) is 5.56 Å². The van der Waals surface area contributed by atoms with Gasteiger partial charge in [-0.1, -0.05) is 30.3 Å². The van der Waals surface area contributed by atoms with Crippen LogP contribution in [0, 0.1) is 11.3 Å². The first-order chi connectivity index (χ1) is 13.1. The number of carbonyl (C=O) groups excluding carboxylic acids is 2. The zero-order chi connectivity index (χ0) is 19.1. The molecule has 9 heteroatoms. The van der Waals surface area contributed by atoms with Gasteiger partial charge in [0.25, 0.3) is 5.91 Å². The lowest BCUT2D eigenvalue weighted by Crippen LogP contribution is -2.23. The summed E-state index contributed by atoms with van der Waals surface area (Å²) in [7, 11) is 0. The zero-order valence-electron chi connectivity index (χ0n) is 14.1. The Kier molecular flexibility index (Phi) is 5.49. The summed E-state index contributed by atoms with van der Waals surface area (Å²) in [6.45, 7) is -0.705. The number of esters is 1. The number of rotatable bonds is 6. The lowest BCUT2D eigenvalue weighted by molar-refractivity contribution is -0.148. The Balaban J connectivity index is 1.47. The molecule has 3 rings (SSSR count). The Hall–Kier alpha value is -4.06. The van der Waals surface area contributed by atoms with Crippen molar-refractivity contribution in [2.75, 3.05) is 11.9 Å². The van der Waals surface area contributed by atoms with Crippen molar-refractivity contribution in [2.45, 2.75) is 6.54 Å². The maximum atomic E-state index is 11.8. The summed E-state index contributed by atoms with van der Waals surface area (Å²) in [5.41, 5.74) is 1.76. The van der Waals surface area contributed by atoms with Crippen molar-refractivity contribution in [2.24, 2.45) is 0 Å². The van der Waals surface area contributed by atoms with E-state index in [0.717, 1.165) is 10.4 Å². The molecule has 134 valence electrons. The lowest BCUT2D eigenvalue weighted by Gasteiger charge is -2.06. The normalized spacial score (nSPS) is 10.0. The molecular formula is C18H14N6O3. The predicted molar refractivity (Wildman–Crippen MR) is 94.0 cm³/mol. The van der Waals surface area contributed by atoms with Gasteiger partial charge in [0, 0.05) is 11.3 Å². The minimum Gasteiger partial charge on any atom is -0.454 e. The lowest BCUT2D eigenvalue weighted by atomic mass is 10.2. The van der Waals surface area contributed by atoms with E-state index in [1.165, 1.54) is 0 Å². The summed E-state index contributed by atoms with van der Waals surface area (Å²) in [6, 6.07) is 17.5. The van der Waals surface area contributed by atoms with Gasteiger partial charge in [-0.2, -0.15) is 10.1 Å². The third-order valence-electron chi connectivity index (χ3n) is 3.42. The minimum atomic E-state index is -0.665. The summed E-state index contributed by atoms with van der Waals surface area (Å²) < 4.78 is 4.91. The standard InChI is InChI=1S/C18H14N6O3/c19-10-13-6-8-15(9-7-13)20-16(25)12-27-17(26)11-24-22-18(21-23-24)14-4-2-1-3-5-14/h1-9H,11-12H2,(H,20,25). The van der Waals surface area contributed by atoms with Crippen LogP contribution in [0.25, 0.3) is 11.4 Å². The molecule has 27 heavy (non-hydrogen) atoms. The Morgan fingerprint density at radius 1 is 1.11 bits per heavy atom.